The fourth-order valence-corrected chi connectivity index (χ4v) is 2.25. The van der Waals surface area contributed by atoms with Gasteiger partial charge in [0.05, 0.1) is 11.1 Å². The molecule has 0 aliphatic carbocycles. The molecule has 1 aliphatic rings. The zero-order chi connectivity index (χ0) is 9.10. The van der Waals surface area contributed by atoms with Crippen LogP contribution in [0.4, 0.5) is 0 Å². The summed E-state index contributed by atoms with van der Waals surface area (Å²) in [5.41, 5.74) is 5.88. The van der Waals surface area contributed by atoms with Crippen LogP contribution in [0.15, 0.2) is 6.20 Å². The fraction of sp³-hybridized carbons (Fsp3) is 0.750. The first kappa shape index (κ1) is 9.05. The summed E-state index contributed by atoms with van der Waals surface area (Å²) in [6.07, 6.45) is 4.22. The van der Waals surface area contributed by atoms with Crippen LogP contribution in [0.25, 0.3) is 0 Å². The molecule has 1 saturated heterocycles. The van der Waals surface area contributed by atoms with Crippen LogP contribution >= 0.6 is 11.5 Å². The largest absolute Gasteiger partial charge is 0.327 e. The first-order valence-electron chi connectivity index (χ1n) is 4.59. The average Bonchev–Trinajstić information content (AvgIpc) is 2.57. The Bertz CT molecular complexity index is 249. The SMILES string of the molecule is NC1CCCN(Cc2cnns2)C1. The van der Waals surface area contributed by atoms with Crippen molar-refractivity contribution in [3.8, 4) is 0 Å². The molecule has 1 unspecified atom stereocenters. The van der Waals surface area contributed by atoms with Gasteiger partial charge in [-0.05, 0) is 30.9 Å². The highest BCUT2D eigenvalue weighted by molar-refractivity contribution is 7.05. The molecule has 13 heavy (non-hydrogen) atoms. The standard InChI is InChI=1S/C8H14N4S/c9-7-2-1-3-12(5-7)6-8-4-10-11-13-8/h4,7H,1-3,5-6,9H2. The fourth-order valence-electron chi connectivity index (χ4n) is 1.71. The van der Waals surface area contributed by atoms with Crippen LogP contribution in [0, 0.1) is 0 Å². The maximum absolute atomic E-state index is 5.88. The minimum absolute atomic E-state index is 0.356. The molecule has 1 aromatic heterocycles. The van der Waals surface area contributed by atoms with Gasteiger partial charge in [0.25, 0.3) is 0 Å². The Morgan fingerprint density at radius 1 is 1.69 bits per heavy atom. The Hall–Kier alpha value is -0.520. The summed E-state index contributed by atoms with van der Waals surface area (Å²) < 4.78 is 3.84. The van der Waals surface area contributed by atoms with Crippen LogP contribution in [0.3, 0.4) is 0 Å². The summed E-state index contributed by atoms with van der Waals surface area (Å²) in [5, 5.41) is 3.82. The molecule has 2 heterocycles. The van der Waals surface area contributed by atoms with E-state index in [1.807, 2.05) is 6.20 Å². The second-order valence-electron chi connectivity index (χ2n) is 3.52. The molecular weight excluding hydrogens is 184 g/mol. The highest BCUT2D eigenvalue weighted by Crippen LogP contribution is 2.13. The molecule has 1 atom stereocenters. The molecule has 2 N–H and O–H groups in total. The van der Waals surface area contributed by atoms with Crippen LogP contribution in [0.2, 0.25) is 0 Å². The highest BCUT2D eigenvalue weighted by Gasteiger charge is 2.16. The van der Waals surface area contributed by atoms with Crippen molar-refractivity contribution in [2.24, 2.45) is 5.73 Å². The number of rotatable bonds is 2. The van der Waals surface area contributed by atoms with Gasteiger partial charge in [-0.15, -0.1) is 5.10 Å². The van der Waals surface area contributed by atoms with Crippen molar-refractivity contribution >= 4 is 11.5 Å². The monoisotopic (exact) mass is 198 g/mol. The number of hydrogen-bond donors (Lipinski definition) is 1. The molecule has 0 aromatic carbocycles. The normalized spacial score (nSPS) is 24.8. The second kappa shape index (κ2) is 4.13. The first-order valence-corrected chi connectivity index (χ1v) is 5.36. The third-order valence-corrected chi connectivity index (χ3v) is 2.97. The Morgan fingerprint density at radius 2 is 2.62 bits per heavy atom. The van der Waals surface area contributed by atoms with Gasteiger partial charge in [-0.2, -0.15) is 0 Å². The molecule has 0 spiro atoms. The van der Waals surface area contributed by atoms with Crippen LogP contribution in [-0.2, 0) is 6.54 Å². The zero-order valence-electron chi connectivity index (χ0n) is 7.52. The van der Waals surface area contributed by atoms with Gasteiger partial charge in [-0.3, -0.25) is 4.90 Å². The minimum Gasteiger partial charge on any atom is -0.327 e. The van der Waals surface area contributed by atoms with Crippen molar-refractivity contribution in [1.82, 2.24) is 14.5 Å². The van der Waals surface area contributed by atoms with Gasteiger partial charge < -0.3 is 5.73 Å². The van der Waals surface area contributed by atoms with Crippen molar-refractivity contribution in [2.75, 3.05) is 13.1 Å². The van der Waals surface area contributed by atoms with E-state index in [-0.39, 0.29) is 0 Å². The Labute approximate surface area is 81.9 Å². The van der Waals surface area contributed by atoms with Crippen molar-refractivity contribution in [2.45, 2.75) is 25.4 Å². The van der Waals surface area contributed by atoms with Gasteiger partial charge in [0.15, 0.2) is 0 Å². The van der Waals surface area contributed by atoms with E-state index in [9.17, 15) is 0 Å². The Kier molecular flexibility index (Phi) is 2.87. The molecular formula is C8H14N4S. The number of nitrogens with two attached hydrogens (primary N) is 1. The third-order valence-electron chi connectivity index (χ3n) is 2.33. The zero-order valence-corrected chi connectivity index (χ0v) is 8.33. The molecule has 1 aromatic rings. The summed E-state index contributed by atoms with van der Waals surface area (Å²) in [6.45, 7) is 3.13. The summed E-state index contributed by atoms with van der Waals surface area (Å²) in [4.78, 5) is 3.61. The van der Waals surface area contributed by atoms with E-state index in [0.29, 0.717) is 6.04 Å². The maximum Gasteiger partial charge on any atom is 0.0666 e. The maximum atomic E-state index is 5.88. The third kappa shape index (κ3) is 2.46. The Balaban J connectivity index is 1.87. The highest BCUT2D eigenvalue weighted by atomic mass is 32.1. The predicted octanol–water partition coefficient (Wildman–Crippen LogP) is 0.461. The summed E-state index contributed by atoms with van der Waals surface area (Å²) >= 11 is 1.47. The molecule has 0 amide bonds. The Morgan fingerprint density at radius 3 is 3.31 bits per heavy atom. The van der Waals surface area contributed by atoms with E-state index in [1.165, 1.54) is 22.8 Å². The van der Waals surface area contributed by atoms with Crippen LogP contribution in [-0.4, -0.2) is 33.6 Å². The minimum atomic E-state index is 0.356. The average molecular weight is 198 g/mol. The number of piperidine rings is 1. The van der Waals surface area contributed by atoms with E-state index < -0.39 is 0 Å². The van der Waals surface area contributed by atoms with E-state index >= 15 is 0 Å². The molecule has 0 radical (unpaired) electrons. The van der Waals surface area contributed by atoms with E-state index in [1.54, 1.807) is 0 Å². The lowest BCUT2D eigenvalue weighted by Gasteiger charge is -2.29. The molecule has 0 saturated carbocycles. The van der Waals surface area contributed by atoms with Gasteiger partial charge in [0.2, 0.25) is 0 Å². The van der Waals surface area contributed by atoms with Gasteiger partial charge in [-0.1, -0.05) is 4.49 Å². The van der Waals surface area contributed by atoms with Crippen LogP contribution in [0.1, 0.15) is 17.7 Å². The van der Waals surface area contributed by atoms with E-state index in [4.69, 9.17) is 5.73 Å². The van der Waals surface area contributed by atoms with Gasteiger partial charge in [0.1, 0.15) is 0 Å². The number of nitrogens with zero attached hydrogens (tertiary/aromatic N) is 3. The first-order chi connectivity index (χ1) is 6.34. The lowest BCUT2D eigenvalue weighted by molar-refractivity contribution is 0.203. The predicted molar refractivity (Wildman–Crippen MR) is 52.4 cm³/mol. The smallest absolute Gasteiger partial charge is 0.0666 e. The molecule has 0 bridgehead atoms. The molecule has 5 heteroatoms. The van der Waals surface area contributed by atoms with Crippen LogP contribution < -0.4 is 5.73 Å². The lowest BCUT2D eigenvalue weighted by Crippen LogP contribution is -2.42. The summed E-state index contributed by atoms with van der Waals surface area (Å²) in [5.74, 6) is 0. The number of aromatic nitrogens is 2. The molecule has 1 fully saturated rings. The molecule has 72 valence electrons. The molecule has 4 nitrogen and oxygen atoms in total. The summed E-state index contributed by atoms with van der Waals surface area (Å²) in [6, 6.07) is 0.356. The van der Waals surface area contributed by atoms with Crippen molar-refractivity contribution in [3.63, 3.8) is 0 Å². The summed E-state index contributed by atoms with van der Waals surface area (Å²) in [7, 11) is 0. The number of likely N-dealkylation sites (tertiary alicyclic amines) is 1. The van der Waals surface area contributed by atoms with E-state index in [0.717, 1.165) is 26.1 Å². The second-order valence-corrected chi connectivity index (χ2v) is 4.39. The number of hydrogen-bond acceptors (Lipinski definition) is 5. The topological polar surface area (TPSA) is 55.0 Å². The van der Waals surface area contributed by atoms with Crippen molar-refractivity contribution in [3.05, 3.63) is 11.1 Å². The van der Waals surface area contributed by atoms with Gasteiger partial charge in [0, 0.05) is 19.1 Å². The molecule has 1 aliphatic heterocycles. The van der Waals surface area contributed by atoms with Crippen LogP contribution in [0.5, 0.6) is 0 Å². The molecule has 2 rings (SSSR count). The van der Waals surface area contributed by atoms with Crippen molar-refractivity contribution < 1.29 is 0 Å². The van der Waals surface area contributed by atoms with Gasteiger partial charge in [-0.25, -0.2) is 0 Å². The van der Waals surface area contributed by atoms with Crippen molar-refractivity contribution in [1.29, 1.82) is 0 Å². The lowest BCUT2D eigenvalue weighted by atomic mass is 10.1. The van der Waals surface area contributed by atoms with Gasteiger partial charge >= 0.3 is 0 Å². The quantitative estimate of drug-likeness (QED) is 0.750. The van der Waals surface area contributed by atoms with E-state index in [2.05, 4.69) is 14.5 Å².